The number of carboxylic acid groups (broad SMARTS) is 1. The lowest BCUT2D eigenvalue weighted by Crippen LogP contribution is -2.43. The van der Waals surface area contributed by atoms with Crippen molar-refractivity contribution in [3.05, 3.63) is 0 Å². The fourth-order valence-electron chi connectivity index (χ4n) is 3.66. The minimum absolute atomic E-state index is 0.0336. The van der Waals surface area contributed by atoms with Crippen LogP contribution in [0.5, 0.6) is 0 Å². The molecule has 3 unspecified atom stereocenters. The third-order valence-corrected chi connectivity index (χ3v) is 4.61. The van der Waals surface area contributed by atoms with Gasteiger partial charge in [-0.2, -0.15) is 0 Å². The summed E-state index contributed by atoms with van der Waals surface area (Å²) in [6.45, 7) is 0.728. The van der Waals surface area contributed by atoms with Crippen LogP contribution in [-0.4, -0.2) is 47.6 Å². The van der Waals surface area contributed by atoms with Crippen molar-refractivity contribution in [1.29, 1.82) is 0 Å². The summed E-state index contributed by atoms with van der Waals surface area (Å²) in [5, 5.41) is 12.0. The minimum Gasteiger partial charge on any atom is -0.480 e. The molecule has 5 nitrogen and oxygen atoms in total. The molecule has 1 aliphatic carbocycles. The first-order valence-corrected chi connectivity index (χ1v) is 7.32. The minimum atomic E-state index is -0.700. The largest absolute Gasteiger partial charge is 0.480 e. The summed E-state index contributed by atoms with van der Waals surface area (Å²) in [4.78, 5) is 24.8. The number of carbonyl (C=O) groups excluding carboxylic acids is 1. The van der Waals surface area contributed by atoms with E-state index in [1.165, 1.54) is 19.3 Å². The molecule has 0 radical (unpaired) electrons. The van der Waals surface area contributed by atoms with Gasteiger partial charge in [-0.3, -0.25) is 14.5 Å². The molecule has 2 fully saturated rings. The Balaban J connectivity index is 1.93. The second-order valence-electron chi connectivity index (χ2n) is 5.72. The Kier molecular flexibility index (Phi) is 4.80. The predicted octanol–water partition coefficient (Wildman–Crippen LogP) is 1.23. The molecule has 19 heavy (non-hydrogen) atoms. The van der Waals surface area contributed by atoms with Gasteiger partial charge in [0.25, 0.3) is 0 Å². The Morgan fingerprint density at radius 1 is 1.32 bits per heavy atom. The molecule has 1 saturated carbocycles. The number of hydrogen-bond donors (Lipinski definition) is 2. The molecule has 1 saturated heterocycles. The van der Waals surface area contributed by atoms with Crippen molar-refractivity contribution in [2.45, 2.75) is 57.0 Å². The molecule has 0 aromatic carbocycles. The van der Waals surface area contributed by atoms with Crippen LogP contribution in [0, 0.1) is 5.92 Å². The Morgan fingerprint density at radius 2 is 2.05 bits per heavy atom. The molecule has 5 heteroatoms. The summed E-state index contributed by atoms with van der Waals surface area (Å²) >= 11 is 0. The van der Waals surface area contributed by atoms with Crippen LogP contribution in [0.15, 0.2) is 0 Å². The highest BCUT2D eigenvalue weighted by molar-refractivity contribution is 5.75. The summed E-state index contributed by atoms with van der Waals surface area (Å²) in [7, 11) is 1.63. The summed E-state index contributed by atoms with van der Waals surface area (Å²) in [6.07, 6.45) is 6.75. The van der Waals surface area contributed by atoms with Gasteiger partial charge in [0, 0.05) is 19.5 Å². The van der Waals surface area contributed by atoms with Gasteiger partial charge in [-0.25, -0.2) is 0 Å². The highest BCUT2D eigenvalue weighted by Crippen LogP contribution is 2.39. The number of aliphatic carboxylic acids is 1. The van der Waals surface area contributed by atoms with Gasteiger partial charge in [0.15, 0.2) is 0 Å². The Morgan fingerprint density at radius 3 is 2.74 bits per heavy atom. The Hall–Kier alpha value is -1.10. The van der Waals surface area contributed by atoms with E-state index < -0.39 is 5.97 Å². The van der Waals surface area contributed by atoms with E-state index in [1.807, 2.05) is 0 Å². The summed E-state index contributed by atoms with van der Waals surface area (Å²) in [5.41, 5.74) is 0. The SMILES string of the molecule is CNC(=O)CCCN1C(C(=O)O)CC2CCCCC21. The van der Waals surface area contributed by atoms with Gasteiger partial charge in [-0.1, -0.05) is 12.8 Å². The normalized spacial score (nSPS) is 30.9. The zero-order chi connectivity index (χ0) is 13.8. The van der Waals surface area contributed by atoms with E-state index in [2.05, 4.69) is 10.2 Å². The van der Waals surface area contributed by atoms with Gasteiger partial charge >= 0.3 is 5.97 Å². The lowest BCUT2D eigenvalue weighted by Gasteiger charge is -2.32. The van der Waals surface area contributed by atoms with Gasteiger partial charge in [0.2, 0.25) is 5.91 Å². The van der Waals surface area contributed by atoms with Gasteiger partial charge in [-0.15, -0.1) is 0 Å². The van der Waals surface area contributed by atoms with Crippen LogP contribution >= 0.6 is 0 Å². The molecular formula is C14H24N2O3. The monoisotopic (exact) mass is 268 g/mol. The Labute approximate surface area is 114 Å². The molecule has 2 aliphatic rings. The average molecular weight is 268 g/mol. The number of nitrogens with one attached hydrogen (secondary N) is 1. The van der Waals surface area contributed by atoms with Crippen molar-refractivity contribution in [2.24, 2.45) is 5.92 Å². The molecule has 2 N–H and O–H groups in total. The van der Waals surface area contributed by atoms with Gasteiger partial charge in [0.05, 0.1) is 0 Å². The first kappa shape index (κ1) is 14.3. The third kappa shape index (κ3) is 3.26. The zero-order valence-electron chi connectivity index (χ0n) is 11.6. The van der Waals surface area contributed by atoms with Crippen molar-refractivity contribution >= 4 is 11.9 Å². The van der Waals surface area contributed by atoms with Crippen LogP contribution in [0.25, 0.3) is 0 Å². The third-order valence-electron chi connectivity index (χ3n) is 4.61. The molecule has 108 valence electrons. The lowest BCUT2D eigenvalue weighted by atomic mass is 9.85. The molecule has 0 spiro atoms. The van der Waals surface area contributed by atoms with Crippen molar-refractivity contribution in [3.8, 4) is 0 Å². The molecule has 3 atom stereocenters. The first-order valence-electron chi connectivity index (χ1n) is 7.32. The standard InChI is InChI=1S/C14H24N2O3/c1-15-13(17)7-4-8-16-11-6-3-2-5-10(11)9-12(16)14(18)19/h10-12H,2-9H2,1H3,(H,15,17)(H,18,19). The number of hydrogen-bond acceptors (Lipinski definition) is 3. The molecule has 1 amide bonds. The number of likely N-dealkylation sites (tertiary alicyclic amines) is 1. The van der Waals surface area contributed by atoms with Crippen LogP contribution < -0.4 is 5.32 Å². The Bertz CT molecular complexity index is 346. The van der Waals surface area contributed by atoms with Crippen molar-refractivity contribution < 1.29 is 14.7 Å². The topological polar surface area (TPSA) is 69.6 Å². The smallest absolute Gasteiger partial charge is 0.320 e. The maximum absolute atomic E-state index is 11.4. The van der Waals surface area contributed by atoms with E-state index >= 15 is 0 Å². The van der Waals surface area contributed by atoms with E-state index in [1.54, 1.807) is 7.05 Å². The number of amides is 1. The second-order valence-corrected chi connectivity index (χ2v) is 5.72. The zero-order valence-corrected chi connectivity index (χ0v) is 11.6. The molecule has 2 rings (SSSR count). The lowest BCUT2D eigenvalue weighted by molar-refractivity contribution is -0.142. The number of nitrogens with zero attached hydrogens (tertiary/aromatic N) is 1. The van der Waals surface area contributed by atoms with Crippen LogP contribution in [0.2, 0.25) is 0 Å². The number of carbonyl (C=O) groups is 2. The van der Waals surface area contributed by atoms with Crippen LogP contribution in [0.1, 0.15) is 44.9 Å². The fourth-order valence-corrected chi connectivity index (χ4v) is 3.66. The number of rotatable bonds is 5. The van der Waals surface area contributed by atoms with Gasteiger partial charge < -0.3 is 10.4 Å². The quantitative estimate of drug-likeness (QED) is 0.787. The molecular weight excluding hydrogens is 244 g/mol. The molecule has 0 aromatic heterocycles. The van der Waals surface area contributed by atoms with Crippen molar-refractivity contribution in [2.75, 3.05) is 13.6 Å². The number of fused-ring (bicyclic) bond motifs is 1. The van der Waals surface area contributed by atoms with Crippen LogP contribution in [0.4, 0.5) is 0 Å². The fraction of sp³-hybridized carbons (Fsp3) is 0.857. The first-order chi connectivity index (χ1) is 9.13. The summed E-state index contributed by atoms with van der Waals surface area (Å²) < 4.78 is 0. The molecule has 1 aliphatic heterocycles. The second kappa shape index (κ2) is 6.37. The highest BCUT2D eigenvalue weighted by Gasteiger charge is 2.44. The van der Waals surface area contributed by atoms with E-state index in [-0.39, 0.29) is 11.9 Å². The maximum atomic E-state index is 11.4. The molecule has 1 heterocycles. The van der Waals surface area contributed by atoms with Gasteiger partial charge in [0.1, 0.15) is 6.04 Å². The predicted molar refractivity (Wildman–Crippen MR) is 71.8 cm³/mol. The maximum Gasteiger partial charge on any atom is 0.320 e. The van der Waals surface area contributed by atoms with Gasteiger partial charge in [-0.05, 0) is 38.1 Å². The van der Waals surface area contributed by atoms with E-state index in [4.69, 9.17) is 0 Å². The van der Waals surface area contributed by atoms with E-state index in [9.17, 15) is 14.7 Å². The van der Waals surface area contributed by atoms with Crippen molar-refractivity contribution in [1.82, 2.24) is 10.2 Å². The highest BCUT2D eigenvalue weighted by atomic mass is 16.4. The summed E-state index contributed by atoms with van der Waals surface area (Å²) in [5.74, 6) is -0.115. The van der Waals surface area contributed by atoms with Crippen LogP contribution in [0.3, 0.4) is 0 Å². The van der Waals surface area contributed by atoms with Crippen molar-refractivity contribution in [3.63, 3.8) is 0 Å². The van der Waals surface area contributed by atoms with E-state index in [0.717, 1.165) is 25.8 Å². The average Bonchev–Trinajstić information content (AvgIpc) is 2.78. The summed E-state index contributed by atoms with van der Waals surface area (Å²) in [6, 6.07) is 0.0947. The number of carboxylic acids is 1. The van der Waals surface area contributed by atoms with Crippen LogP contribution in [-0.2, 0) is 9.59 Å². The molecule has 0 aromatic rings. The molecule has 0 bridgehead atoms. The van der Waals surface area contributed by atoms with E-state index in [0.29, 0.717) is 18.4 Å².